The number of carbonyl (C=O) groups excluding carboxylic acids is 1. The van der Waals surface area contributed by atoms with Crippen LogP contribution < -0.4 is 11.1 Å². The highest BCUT2D eigenvalue weighted by Gasteiger charge is 2.09. The Morgan fingerprint density at radius 2 is 2.16 bits per heavy atom. The zero-order valence-electron chi connectivity index (χ0n) is 9.63. The molecule has 2 rings (SSSR count). The SMILES string of the molecule is N/C(=N/O)c1cccc(NC(=O)c2ccc(Br)s2)c1. The summed E-state index contributed by atoms with van der Waals surface area (Å²) < 4.78 is 0.892. The van der Waals surface area contributed by atoms with E-state index in [0.29, 0.717) is 16.1 Å². The lowest BCUT2D eigenvalue weighted by atomic mass is 10.2. The lowest BCUT2D eigenvalue weighted by Gasteiger charge is -2.05. The minimum atomic E-state index is -0.202. The van der Waals surface area contributed by atoms with Crippen LogP contribution in [0.2, 0.25) is 0 Å². The van der Waals surface area contributed by atoms with E-state index >= 15 is 0 Å². The number of amides is 1. The van der Waals surface area contributed by atoms with E-state index in [-0.39, 0.29) is 11.7 Å². The molecular formula is C12H10BrN3O2S. The molecule has 1 heterocycles. The number of halogens is 1. The summed E-state index contributed by atoms with van der Waals surface area (Å²) in [6.45, 7) is 0. The second kappa shape index (κ2) is 5.85. The van der Waals surface area contributed by atoms with E-state index in [1.165, 1.54) is 11.3 Å². The van der Waals surface area contributed by atoms with Crippen molar-refractivity contribution < 1.29 is 10.0 Å². The Kier molecular flexibility index (Phi) is 4.18. The maximum atomic E-state index is 11.9. The maximum absolute atomic E-state index is 11.9. The van der Waals surface area contributed by atoms with Crippen molar-refractivity contribution in [1.82, 2.24) is 0 Å². The molecule has 98 valence electrons. The van der Waals surface area contributed by atoms with Crippen LogP contribution in [0.3, 0.4) is 0 Å². The normalized spacial score (nSPS) is 11.3. The zero-order chi connectivity index (χ0) is 13.8. The summed E-state index contributed by atoms with van der Waals surface area (Å²) >= 11 is 4.65. The Hall–Kier alpha value is -1.86. The van der Waals surface area contributed by atoms with Crippen LogP contribution in [0.15, 0.2) is 45.3 Å². The number of hydrogen-bond acceptors (Lipinski definition) is 4. The molecule has 0 fully saturated rings. The average molecular weight is 340 g/mol. The van der Waals surface area contributed by atoms with Gasteiger partial charge in [-0.3, -0.25) is 4.79 Å². The summed E-state index contributed by atoms with van der Waals surface area (Å²) in [6.07, 6.45) is 0. The number of thiophene rings is 1. The largest absolute Gasteiger partial charge is 0.409 e. The average Bonchev–Trinajstić information content (AvgIpc) is 2.85. The highest BCUT2D eigenvalue weighted by atomic mass is 79.9. The van der Waals surface area contributed by atoms with E-state index in [1.807, 2.05) is 6.07 Å². The fourth-order valence-corrected chi connectivity index (χ4v) is 2.72. The standard InChI is InChI=1S/C12H10BrN3O2S/c13-10-5-4-9(19-10)12(17)15-8-3-1-2-7(6-8)11(14)16-18/h1-6,18H,(H2,14,16)(H,15,17). The molecule has 0 aliphatic carbocycles. The molecule has 2 aromatic rings. The van der Waals surface area contributed by atoms with Gasteiger partial charge in [-0.15, -0.1) is 11.3 Å². The fourth-order valence-electron chi connectivity index (χ4n) is 1.44. The van der Waals surface area contributed by atoms with Crippen LogP contribution in [0.5, 0.6) is 0 Å². The highest BCUT2D eigenvalue weighted by Crippen LogP contribution is 2.23. The van der Waals surface area contributed by atoms with Crippen molar-refractivity contribution in [3.05, 3.63) is 50.6 Å². The Bertz CT molecular complexity index is 639. The van der Waals surface area contributed by atoms with Gasteiger partial charge in [0.05, 0.1) is 8.66 Å². The van der Waals surface area contributed by atoms with Crippen molar-refractivity contribution >= 4 is 44.7 Å². The molecule has 0 unspecified atom stereocenters. The first kappa shape index (κ1) is 13.6. The zero-order valence-corrected chi connectivity index (χ0v) is 12.0. The monoisotopic (exact) mass is 339 g/mol. The molecule has 0 aliphatic heterocycles. The first-order valence-corrected chi connectivity index (χ1v) is 6.86. The Balaban J connectivity index is 2.17. The van der Waals surface area contributed by atoms with Crippen molar-refractivity contribution in [3.8, 4) is 0 Å². The number of benzene rings is 1. The number of nitrogens with two attached hydrogens (primary N) is 1. The molecule has 4 N–H and O–H groups in total. The third-order valence-corrected chi connectivity index (χ3v) is 3.94. The van der Waals surface area contributed by atoms with E-state index in [9.17, 15) is 4.79 Å². The number of amidine groups is 1. The van der Waals surface area contributed by atoms with Crippen molar-refractivity contribution in [2.45, 2.75) is 0 Å². The van der Waals surface area contributed by atoms with Crippen molar-refractivity contribution in [2.75, 3.05) is 5.32 Å². The molecule has 0 spiro atoms. The topological polar surface area (TPSA) is 87.7 Å². The predicted octanol–water partition coefficient (Wildman–Crippen LogP) is 2.86. The number of rotatable bonds is 3. The number of carbonyl (C=O) groups is 1. The second-order valence-electron chi connectivity index (χ2n) is 3.62. The predicted molar refractivity (Wildman–Crippen MR) is 78.9 cm³/mol. The number of hydrogen-bond donors (Lipinski definition) is 3. The lowest BCUT2D eigenvalue weighted by Crippen LogP contribution is -2.14. The smallest absolute Gasteiger partial charge is 0.265 e. The van der Waals surface area contributed by atoms with Gasteiger partial charge < -0.3 is 16.3 Å². The van der Waals surface area contributed by atoms with E-state index in [2.05, 4.69) is 26.4 Å². The molecular weight excluding hydrogens is 330 g/mol. The quantitative estimate of drug-likeness (QED) is 0.347. The van der Waals surface area contributed by atoms with Gasteiger partial charge in [-0.1, -0.05) is 17.3 Å². The van der Waals surface area contributed by atoms with Crippen molar-refractivity contribution in [3.63, 3.8) is 0 Å². The van der Waals surface area contributed by atoms with Crippen LogP contribution in [0, 0.1) is 0 Å². The summed E-state index contributed by atoms with van der Waals surface area (Å²) in [5, 5.41) is 14.3. The van der Waals surface area contributed by atoms with Crippen LogP contribution in [0.4, 0.5) is 5.69 Å². The minimum Gasteiger partial charge on any atom is -0.409 e. The molecule has 0 saturated carbocycles. The van der Waals surface area contributed by atoms with Gasteiger partial charge in [-0.05, 0) is 40.2 Å². The van der Waals surface area contributed by atoms with Crippen LogP contribution in [-0.4, -0.2) is 17.0 Å². The molecule has 19 heavy (non-hydrogen) atoms. The van der Waals surface area contributed by atoms with Crippen LogP contribution >= 0.6 is 27.3 Å². The van der Waals surface area contributed by atoms with E-state index in [4.69, 9.17) is 10.9 Å². The van der Waals surface area contributed by atoms with Crippen molar-refractivity contribution in [1.29, 1.82) is 0 Å². The van der Waals surface area contributed by atoms with Gasteiger partial charge in [-0.2, -0.15) is 0 Å². The van der Waals surface area contributed by atoms with Gasteiger partial charge in [0.1, 0.15) is 0 Å². The Morgan fingerprint density at radius 3 is 2.79 bits per heavy atom. The van der Waals surface area contributed by atoms with E-state index in [1.54, 1.807) is 30.3 Å². The summed E-state index contributed by atoms with van der Waals surface area (Å²) in [5.41, 5.74) is 6.61. The first-order chi connectivity index (χ1) is 9.10. The summed E-state index contributed by atoms with van der Waals surface area (Å²) in [5.74, 6) is -0.206. The number of anilines is 1. The van der Waals surface area contributed by atoms with Crippen LogP contribution in [-0.2, 0) is 0 Å². The molecule has 7 heteroatoms. The van der Waals surface area contributed by atoms with Gasteiger partial charge in [0, 0.05) is 11.3 Å². The molecule has 0 aliphatic rings. The maximum Gasteiger partial charge on any atom is 0.265 e. The molecule has 1 aromatic carbocycles. The summed E-state index contributed by atoms with van der Waals surface area (Å²) in [4.78, 5) is 12.5. The molecule has 0 radical (unpaired) electrons. The van der Waals surface area contributed by atoms with E-state index < -0.39 is 0 Å². The molecule has 1 amide bonds. The minimum absolute atomic E-state index is 0.00466. The molecule has 0 saturated heterocycles. The lowest BCUT2D eigenvalue weighted by molar-refractivity contribution is 0.103. The number of nitrogens with zero attached hydrogens (tertiary/aromatic N) is 1. The Labute approximate surface area is 121 Å². The Morgan fingerprint density at radius 1 is 1.37 bits per heavy atom. The van der Waals surface area contributed by atoms with Gasteiger partial charge >= 0.3 is 0 Å². The molecule has 5 nitrogen and oxygen atoms in total. The third kappa shape index (κ3) is 3.33. The number of oxime groups is 1. The molecule has 0 bridgehead atoms. The van der Waals surface area contributed by atoms with E-state index in [0.717, 1.165) is 3.79 Å². The van der Waals surface area contributed by atoms with Gasteiger partial charge in [0.25, 0.3) is 5.91 Å². The third-order valence-electron chi connectivity index (χ3n) is 2.32. The second-order valence-corrected chi connectivity index (χ2v) is 6.09. The van der Waals surface area contributed by atoms with Gasteiger partial charge in [0.2, 0.25) is 0 Å². The fraction of sp³-hybridized carbons (Fsp3) is 0. The van der Waals surface area contributed by atoms with Crippen LogP contribution in [0.25, 0.3) is 0 Å². The summed E-state index contributed by atoms with van der Waals surface area (Å²) in [7, 11) is 0. The van der Waals surface area contributed by atoms with Crippen molar-refractivity contribution in [2.24, 2.45) is 10.9 Å². The van der Waals surface area contributed by atoms with Gasteiger partial charge in [-0.25, -0.2) is 0 Å². The summed E-state index contributed by atoms with van der Waals surface area (Å²) in [6, 6.07) is 10.3. The highest BCUT2D eigenvalue weighted by molar-refractivity contribution is 9.11. The molecule has 0 atom stereocenters. The van der Waals surface area contributed by atoms with Crippen LogP contribution in [0.1, 0.15) is 15.2 Å². The first-order valence-electron chi connectivity index (χ1n) is 5.25. The van der Waals surface area contributed by atoms with Gasteiger partial charge in [0.15, 0.2) is 5.84 Å². The molecule has 1 aromatic heterocycles. The number of nitrogens with one attached hydrogen (secondary N) is 1.